The first kappa shape index (κ1) is 25.8. The van der Waals surface area contributed by atoms with E-state index in [1.807, 2.05) is 13.8 Å². The minimum atomic E-state index is -4.41. The zero-order valence-corrected chi connectivity index (χ0v) is 20.1. The Morgan fingerprint density at radius 3 is 2.13 bits per heavy atom. The molecule has 0 saturated heterocycles. The minimum absolute atomic E-state index is 0.197. The molecule has 10 heteroatoms. The van der Waals surface area contributed by atoms with Crippen molar-refractivity contribution in [2.75, 3.05) is 25.6 Å². The highest BCUT2D eigenvalue weighted by Crippen LogP contribution is 2.67. The van der Waals surface area contributed by atoms with Gasteiger partial charge in [0.1, 0.15) is 5.44 Å². The number of rotatable bonds is 10. The van der Waals surface area contributed by atoms with Crippen molar-refractivity contribution in [3.8, 4) is 0 Å². The average Bonchev–Trinajstić information content (AvgIpc) is 2.68. The first-order chi connectivity index (χ1) is 14.2. The Balaban J connectivity index is 2.61. The molecule has 170 valence electrons. The highest BCUT2D eigenvalue weighted by Gasteiger charge is 2.43. The number of hydrogen-bond acceptors (Lipinski definition) is 6. The van der Waals surface area contributed by atoms with Gasteiger partial charge in [-0.05, 0) is 50.6 Å². The van der Waals surface area contributed by atoms with Gasteiger partial charge in [0.2, 0.25) is 0 Å². The molecule has 1 aliphatic rings. The average molecular weight is 485 g/mol. The fourth-order valence-electron chi connectivity index (χ4n) is 3.22. The maximum absolute atomic E-state index is 13.8. The Hall–Kier alpha value is -0.440. The summed E-state index contributed by atoms with van der Waals surface area (Å²) in [6.45, 7) is 8.26. The van der Waals surface area contributed by atoms with Gasteiger partial charge in [-0.25, -0.2) is 0 Å². The van der Waals surface area contributed by atoms with Crippen LogP contribution in [0.25, 0.3) is 0 Å². The van der Waals surface area contributed by atoms with Crippen LogP contribution < -0.4 is 0 Å². The Kier molecular flexibility index (Phi) is 9.84. The summed E-state index contributed by atoms with van der Waals surface area (Å²) in [7, 11) is -3.63. The molecule has 2 atom stereocenters. The molecular formula is C20H28F3O4PS2. The second-order valence-corrected chi connectivity index (χ2v) is 11.0. The summed E-state index contributed by atoms with van der Waals surface area (Å²) in [6.07, 6.45) is -3.94. The Morgan fingerprint density at radius 1 is 1.07 bits per heavy atom. The quantitative estimate of drug-likeness (QED) is 0.321. The number of allylic oxidation sites excluding steroid dienone is 1. The van der Waals surface area contributed by atoms with Crippen molar-refractivity contribution in [1.29, 1.82) is 0 Å². The molecule has 30 heavy (non-hydrogen) atoms. The third kappa shape index (κ3) is 6.30. The highest BCUT2D eigenvalue weighted by molar-refractivity contribution is 8.22. The molecule has 1 heterocycles. The molecule has 1 aliphatic heterocycles. The summed E-state index contributed by atoms with van der Waals surface area (Å²) in [5, 5.41) is 0.527. The van der Waals surface area contributed by atoms with Crippen molar-refractivity contribution in [1.82, 2.24) is 0 Å². The molecule has 0 spiro atoms. The Morgan fingerprint density at radius 2 is 1.67 bits per heavy atom. The summed E-state index contributed by atoms with van der Waals surface area (Å²) in [5.41, 5.74) is -0.280. The topological polar surface area (TPSA) is 44.8 Å². The van der Waals surface area contributed by atoms with E-state index in [-0.39, 0.29) is 18.6 Å². The fraction of sp³-hybridized carbons (Fsp3) is 0.600. The molecule has 0 amide bonds. The second kappa shape index (κ2) is 11.4. The first-order valence-corrected chi connectivity index (χ1v) is 13.3. The summed E-state index contributed by atoms with van der Waals surface area (Å²) in [6, 6.07) is 5.01. The van der Waals surface area contributed by atoms with Crippen LogP contribution in [-0.4, -0.2) is 31.0 Å². The van der Waals surface area contributed by atoms with E-state index in [2.05, 4.69) is 0 Å². The molecule has 0 aliphatic carbocycles. The number of alkyl halides is 3. The molecule has 2 rings (SSSR count). The van der Waals surface area contributed by atoms with E-state index in [0.29, 0.717) is 23.9 Å². The molecule has 1 aromatic carbocycles. The lowest BCUT2D eigenvalue weighted by Gasteiger charge is -2.35. The van der Waals surface area contributed by atoms with E-state index in [4.69, 9.17) is 13.8 Å². The van der Waals surface area contributed by atoms with Gasteiger partial charge in [0.05, 0.1) is 28.3 Å². The maximum atomic E-state index is 13.8. The van der Waals surface area contributed by atoms with Crippen molar-refractivity contribution in [2.45, 2.75) is 51.6 Å². The molecule has 0 aromatic heterocycles. The van der Waals surface area contributed by atoms with Gasteiger partial charge in [-0.2, -0.15) is 13.2 Å². The SMILES string of the molecule is CCO[C@H]1C[C@@H](c2ccc(C(F)(F)F)cc2)C(P(=O)(OCC)OCC)=C(SCC)S1. The van der Waals surface area contributed by atoms with Crippen LogP contribution in [0.4, 0.5) is 13.2 Å². The highest BCUT2D eigenvalue weighted by atomic mass is 32.2. The normalized spacial score (nSPS) is 20.6. The van der Waals surface area contributed by atoms with Crippen LogP contribution >= 0.6 is 31.1 Å². The second-order valence-electron chi connectivity index (χ2n) is 6.35. The molecule has 0 saturated carbocycles. The van der Waals surface area contributed by atoms with Crippen molar-refractivity contribution >= 4 is 31.1 Å². The first-order valence-electron chi connectivity index (χ1n) is 9.92. The number of thioether (sulfide) groups is 2. The van der Waals surface area contributed by atoms with Gasteiger partial charge < -0.3 is 13.8 Å². The van der Waals surface area contributed by atoms with Gasteiger partial charge in [0.15, 0.2) is 0 Å². The predicted octanol–water partition coefficient (Wildman–Crippen LogP) is 7.48. The van der Waals surface area contributed by atoms with Gasteiger partial charge in [-0.1, -0.05) is 30.8 Å². The Labute approximate surface area is 184 Å². The monoisotopic (exact) mass is 484 g/mol. The molecular weight excluding hydrogens is 456 g/mol. The third-order valence-corrected chi connectivity index (χ3v) is 9.43. The number of ether oxygens (including phenoxy) is 1. The molecule has 4 nitrogen and oxygen atoms in total. The van der Waals surface area contributed by atoms with Crippen LogP contribution in [0, 0.1) is 0 Å². The van der Waals surface area contributed by atoms with Crippen molar-refractivity contribution in [2.24, 2.45) is 0 Å². The lowest BCUT2D eigenvalue weighted by Crippen LogP contribution is -2.22. The zero-order chi connectivity index (χ0) is 22.4. The standard InChI is InChI=1S/C20H28F3O4PS2/c1-5-25-17-13-16(14-9-11-15(12-10-14)20(21,22)23)18(19(30-17)29-8-4)28(24,26-6-2)27-7-3/h9-12,16-17H,5-8,13H2,1-4H3/t16-,17+/m0/s1. The molecule has 0 unspecified atom stereocenters. The van der Waals surface area contributed by atoms with Gasteiger partial charge in [0, 0.05) is 12.5 Å². The van der Waals surface area contributed by atoms with Crippen molar-refractivity contribution in [3.63, 3.8) is 0 Å². The number of halogens is 3. The summed E-state index contributed by atoms with van der Waals surface area (Å²) >= 11 is 3.01. The van der Waals surface area contributed by atoms with Crippen LogP contribution in [-0.2, 0) is 24.5 Å². The van der Waals surface area contributed by atoms with E-state index >= 15 is 0 Å². The smallest absolute Gasteiger partial charge is 0.367 e. The summed E-state index contributed by atoms with van der Waals surface area (Å²) < 4.78 is 70.8. The molecule has 0 N–H and O–H groups in total. The van der Waals surface area contributed by atoms with Gasteiger partial charge in [-0.3, -0.25) is 4.57 Å². The molecule has 0 radical (unpaired) electrons. The molecule has 0 fully saturated rings. The van der Waals surface area contributed by atoms with Crippen molar-refractivity contribution < 1.29 is 31.5 Å². The van der Waals surface area contributed by atoms with Crippen LogP contribution in [0.5, 0.6) is 0 Å². The predicted molar refractivity (Wildman–Crippen MR) is 118 cm³/mol. The van der Waals surface area contributed by atoms with E-state index in [1.165, 1.54) is 35.7 Å². The third-order valence-electron chi connectivity index (χ3n) is 4.37. The lowest BCUT2D eigenvalue weighted by atomic mass is 9.94. The van der Waals surface area contributed by atoms with E-state index < -0.39 is 25.3 Å². The molecule has 0 bridgehead atoms. The largest absolute Gasteiger partial charge is 0.416 e. The minimum Gasteiger partial charge on any atom is -0.367 e. The number of hydrogen-bond donors (Lipinski definition) is 0. The van der Waals surface area contributed by atoms with Crippen molar-refractivity contribution in [3.05, 3.63) is 44.9 Å². The number of benzene rings is 1. The maximum Gasteiger partial charge on any atom is 0.416 e. The zero-order valence-electron chi connectivity index (χ0n) is 17.5. The van der Waals surface area contributed by atoms with Crippen LogP contribution in [0.3, 0.4) is 0 Å². The lowest BCUT2D eigenvalue weighted by molar-refractivity contribution is -0.137. The van der Waals surface area contributed by atoms with Crippen LogP contribution in [0.2, 0.25) is 0 Å². The van der Waals surface area contributed by atoms with E-state index in [9.17, 15) is 17.7 Å². The summed E-state index contributed by atoms with van der Waals surface area (Å²) in [5.74, 6) is 0.311. The van der Waals surface area contributed by atoms with E-state index in [0.717, 1.165) is 22.1 Å². The van der Waals surface area contributed by atoms with Crippen LogP contribution in [0.15, 0.2) is 33.8 Å². The van der Waals surface area contributed by atoms with E-state index in [1.54, 1.807) is 13.8 Å². The Bertz CT molecular complexity index is 758. The van der Waals surface area contributed by atoms with Gasteiger partial charge >= 0.3 is 13.8 Å². The van der Waals surface area contributed by atoms with Gasteiger partial charge in [0.25, 0.3) is 0 Å². The molecule has 1 aromatic rings. The van der Waals surface area contributed by atoms with Crippen LogP contribution in [0.1, 0.15) is 51.2 Å². The van der Waals surface area contributed by atoms with Gasteiger partial charge in [-0.15, -0.1) is 11.8 Å². The fourth-order valence-corrected chi connectivity index (χ4v) is 8.63. The summed E-state index contributed by atoms with van der Waals surface area (Å²) in [4.78, 5) is 0.